The van der Waals surface area contributed by atoms with Gasteiger partial charge in [-0.05, 0) is 47.5 Å². The molecular weight excluding hydrogens is 573 g/mol. The molecule has 11 heteroatoms. The first-order valence-electron chi connectivity index (χ1n) is 12.3. The van der Waals surface area contributed by atoms with Crippen molar-refractivity contribution in [2.75, 3.05) is 0 Å². The second-order valence-electron chi connectivity index (χ2n) is 9.30. The van der Waals surface area contributed by atoms with Gasteiger partial charge in [-0.2, -0.15) is 39.5 Å². The molecule has 42 heavy (non-hydrogen) atoms. The number of benzene rings is 4. The Kier molecular flexibility index (Phi) is 7.38. The lowest BCUT2D eigenvalue weighted by atomic mass is 9.91. The van der Waals surface area contributed by atoms with Crippen LogP contribution in [0.15, 0.2) is 97.2 Å². The summed E-state index contributed by atoms with van der Waals surface area (Å²) in [6, 6.07) is 19.3. The monoisotopic (exact) mass is 591 g/mol. The molecule has 216 valence electrons. The van der Waals surface area contributed by atoms with Crippen LogP contribution in [0.25, 0.3) is 33.2 Å². The normalized spacial score (nSPS) is 12.5. The molecule has 0 unspecified atom stereocenters. The molecule has 0 aliphatic rings. The van der Waals surface area contributed by atoms with E-state index in [4.69, 9.17) is 4.74 Å². The zero-order valence-electron chi connectivity index (χ0n) is 21.2. The minimum atomic E-state index is -4.93. The molecule has 4 aromatic carbocycles. The number of hydrogen-bond donors (Lipinski definition) is 0. The van der Waals surface area contributed by atoms with Gasteiger partial charge in [0.15, 0.2) is 0 Å². The smallest absolute Gasteiger partial charge is 0.418 e. The topological polar surface area (TPSA) is 22.1 Å². The van der Waals surface area contributed by atoms with E-state index in [-0.39, 0.29) is 16.7 Å². The fraction of sp³-hybridized carbons (Fsp3) is 0.129. The van der Waals surface area contributed by atoms with Gasteiger partial charge >= 0.3 is 18.5 Å². The van der Waals surface area contributed by atoms with Gasteiger partial charge in [-0.25, -0.2) is 0 Å². The van der Waals surface area contributed by atoms with Gasteiger partial charge < -0.3 is 4.74 Å². The lowest BCUT2D eigenvalue weighted by Crippen LogP contribution is -2.14. The highest BCUT2D eigenvalue weighted by Crippen LogP contribution is 2.42. The lowest BCUT2D eigenvalue weighted by Gasteiger charge is -2.18. The zero-order valence-corrected chi connectivity index (χ0v) is 21.2. The highest BCUT2D eigenvalue weighted by Gasteiger charge is 2.37. The maximum atomic E-state index is 13.8. The van der Waals surface area contributed by atoms with Crippen molar-refractivity contribution in [3.8, 4) is 28.0 Å². The number of para-hydroxylation sites is 1. The third-order valence-corrected chi connectivity index (χ3v) is 6.54. The van der Waals surface area contributed by atoms with E-state index in [0.717, 1.165) is 6.07 Å². The van der Waals surface area contributed by atoms with Crippen molar-refractivity contribution >= 4 is 10.9 Å². The Morgan fingerprint density at radius 2 is 1.26 bits per heavy atom. The largest absolute Gasteiger partial charge is 0.489 e. The van der Waals surface area contributed by atoms with E-state index >= 15 is 0 Å². The number of halogens is 9. The summed E-state index contributed by atoms with van der Waals surface area (Å²) in [5.74, 6) is -0.00557. The summed E-state index contributed by atoms with van der Waals surface area (Å²) >= 11 is 0. The Hall–Kier alpha value is -4.54. The summed E-state index contributed by atoms with van der Waals surface area (Å²) in [4.78, 5) is 4.12. The molecule has 0 aliphatic heterocycles. The highest BCUT2D eigenvalue weighted by atomic mass is 19.4. The van der Waals surface area contributed by atoms with Crippen molar-refractivity contribution in [1.82, 2.24) is 4.98 Å². The molecule has 5 rings (SSSR count). The van der Waals surface area contributed by atoms with Crippen molar-refractivity contribution in [2.45, 2.75) is 25.1 Å². The van der Waals surface area contributed by atoms with Gasteiger partial charge in [0.2, 0.25) is 0 Å². The molecule has 0 spiro atoms. The highest BCUT2D eigenvalue weighted by molar-refractivity contribution is 6.03. The molecule has 0 aliphatic carbocycles. The minimum absolute atomic E-state index is 0.00557. The van der Waals surface area contributed by atoms with Crippen molar-refractivity contribution in [3.05, 3.63) is 119 Å². The number of rotatable bonds is 5. The molecule has 0 amide bonds. The van der Waals surface area contributed by atoms with Crippen molar-refractivity contribution < 1.29 is 44.3 Å². The average Bonchev–Trinajstić information content (AvgIpc) is 2.94. The third-order valence-electron chi connectivity index (χ3n) is 6.54. The van der Waals surface area contributed by atoms with Gasteiger partial charge in [0.1, 0.15) is 12.4 Å². The lowest BCUT2D eigenvalue weighted by molar-refractivity contribution is -0.142. The van der Waals surface area contributed by atoms with E-state index in [1.165, 1.54) is 36.5 Å². The van der Waals surface area contributed by atoms with Crippen LogP contribution in [0.2, 0.25) is 0 Å². The number of ether oxygens (including phenoxy) is 1. The molecule has 2 nitrogen and oxygen atoms in total. The summed E-state index contributed by atoms with van der Waals surface area (Å²) in [6.45, 7) is -0.844. The first kappa shape index (κ1) is 29.0. The van der Waals surface area contributed by atoms with E-state index in [0.29, 0.717) is 40.5 Å². The molecular formula is C31H18F9NO. The van der Waals surface area contributed by atoms with Crippen LogP contribution in [-0.4, -0.2) is 4.98 Å². The van der Waals surface area contributed by atoms with Crippen LogP contribution in [0.1, 0.15) is 22.3 Å². The molecule has 0 bridgehead atoms. The van der Waals surface area contributed by atoms with E-state index in [1.807, 2.05) is 0 Å². The second kappa shape index (κ2) is 10.7. The van der Waals surface area contributed by atoms with Crippen molar-refractivity contribution in [3.63, 3.8) is 0 Å². The number of fused-ring (bicyclic) bond motifs is 1. The molecule has 0 radical (unpaired) electrons. The molecule has 1 aromatic heterocycles. The van der Waals surface area contributed by atoms with Crippen molar-refractivity contribution in [2.24, 2.45) is 0 Å². The molecule has 0 N–H and O–H groups in total. The first-order valence-corrected chi connectivity index (χ1v) is 12.3. The molecule has 0 saturated heterocycles. The van der Waals surface area contributed by atoms with Gasteiger partial charge in [-0.3, -0.25) is 4.98 Å². The van der Waals surface area contributed by atoms with Crippen LogP contribution < -0.4 is 4.74 Å². The SMILES string of the molecule is FC(F)(F)c1ccc(C(F)(F)F)c(COc2cccc(-c3c(-c4ccccc4)cnc4c(C(F)(F)F)cccc34)c2)c1. The van der Waals surface area contributed by atoms with Gasteiger partial charge in [-0.1, -0.05) is 54.6 Å². The molecule has 0 atom stereocenters. The fourth-order valence-electron chi connectivity index (χ4n) is 4.67. The van der Waals surface area contributed by atoms with Gasteiger partial charge in [0.05, 0.1) is 22.2 Å². The molecule has 0 fully saturated rings. The van der Waals surface area contributed by atoms with Gasteiger partial charge in [-0.15, -0.1) is 0 Å². The third kappa shape index (κ3) is 5.90. The summed E-state index contributed by atoms with van der Waals surface area (Å²) in [6.07, 6.45) is -13.2. The van der Waals surface area contributed by atoms with Gasteiger partial charge in [0, 0.05) is 28.3 Å². The van der Waals surface area contributed by atoms with E-state index in [9.17, 15) is 39.5 Å². The summed E-state index contributed by atoms with van der Waals surface area (Å²) in [5, 5.41) is 0.167. The Bertz CT molecular complexity index is 1740. The second-order valence-corrected chi connectivity index (χ2v) is 9.30. The Morgan fingerprint density at radius 3 is 1.93 bits per heavy atom. The van der Waals surface area contributed by atoms with Crippen LogP contribution >= 0.6 is 0 Å². The number of pyridine rings is 1. The van der Waals surface area contributed by atoms with Crippen LogP contribution in [0.3, 0.4) is 0 Å². The quantitative estimate of drug-likeness (QED) is 0.190. The Balaban J connectivity index is 1.61. The standard InChI is InChI=1S/C31H18F9NO/c32-29(33,34)21-12-13-25(30(35,36)37)20(14-21)17-42-22-9-4-8-19(15-22)27-23-10-5-11-26(31(38,39)40)28(23)41-16-24(27)18-6-2-1-3-7-18/h1-16H,17H2. The Labute approximate surface area is 233 Å². The van der Waals surface area contributed by atoms with E-state index < -0.39 is 47.4 Å². The summed E-state index contributed by atoms with van der Waals surface area (Å²) in [7, 11) is 0. The predicted molar refractivity (Wildman–Crippen MR) is 138 cm³/mol. The zero-order chi connectivity index (χ0) is 30.3. The maximum absolute atomic E-state index is 13.8. The first-order chi connectivity index (χ1) is 19.7. The van der Waals surface area contributed by atoms with E-state index in [1.54, 1.807) is 36.4 Å². The summed E-state index contributed by atoms with van der Waals surface area (Å²) < 4.78 is 127. The fourth-order valence-corrected chi connectivity index (χ4v) is 4.67. The van der Waals surface area contributed by atoms with Gasteiger partial charge in [0.25, 0.3) is 0 Å². The summed E-state index contributed by atoms with van der Waals surface area (Å²) in [5.41, 5.74) is -2.67. The van der Waals surface area contributed by atoms with Crippen LogP contribution in [0, 0.1) is 0 Å². The van der Waals surface area contributed by atoms with Crippen LogP contribution in [-0.2, 0) is 25.1 Å². The Morgan fingerprint density at radius 1 is 0.595 bits per heavy atom. The van der Waals surface area contributed by atoms with E-state index in [2.05, 4.69) is 4.98 Å². The van der Waals surface area contributed by atoms with Crippen LogP contribution in [0.4, 0.5) is 39.5 Å². The number of aromatic nitrogens is 1. The maximum Gasteiger partial charge on any atom is 0.418 e. The number of hydrogen-bond acceptors (Lipinski definition) is 2. The molecule has 1 heterocycles. The molecule has 0 saturated carbocycles. The van der Waals surface area contributed by atoms with Crippen molar-refractivity contribution in [1.29, 1.82) is 0 Å². The van der Waals surface area contributed by atoms with Crippen LogP contribution in [0.5, 0.6) is 5.75 Å². The minimum Gasteiger partial charge on any atom is -0.489 e. The average molecular weight is 591 g/mol. The molecule has 5 aromatic rings. The number of nitrogens with zero attached hydrogens (tertiary/aromatic N) is 1. The number of alkyl halides is 9. The predicted octanol–water partition coefficient (Wildman–Crippen LogP) is 10.2.